The molecule has 7 heteroatoms. The van der Waals surface area contributed by atoms with E-state index in [9.17, 15) is 0 Å². The Morgan fingerprint density at radius 3 is 2.05 bits per heavy atom. The largest absolute Gasteiger partial charge is 0.503 e. The zero-order valence-corrected chi connectivity index (χ0v) is 34.6. The Balaban J connectivity index is 0.00000441. The average Bonchev–Trinajstić information content (AvgIpc) is 3.74. The number of rotatable bonds is 6. The number of pyridine rings is 2. The molecule has 5 aromatic carbocycles. The number of nitrogens with zero attached hydrogens (tertiary/aromatic N) is 5. The first kappa shape index (κ1) is 37.2. The maximum atomic E-state index is 6.46. The maximum absolute atomic E-state index is 6.46. The zero-order chi connectivity index (χ0) is 37.9. The van der Waals surface area contributed by atoms with E-state index in [-0.39, 0.29) is 31.9 Å². The number of ether oxygens (including phenoxy) is 1. The number of anilines is 4. The SMILES string of the molecule is CC(C)(C)c1cc(-c2ccccc2)cc(N2[CH-]N(c3[c-]c(Oc4[c-]c5c(cc4)c4ccccc4n5-c4cc(C(C)(C)C)ccn4)ncc3)c3ccccc32)c1.[Pt]. The first-order chi connectivity index (χ1) is 26.5. The molecule has 0 spiro atoms. The molecule has 4 heterocycles. The first-order valence-corrected chi connectivity index (χ1v) is 18.7. The molecule has 0 radical (unpaired) electrons. The molecule has 0 fully saturated rings. The van der Waals surface area contributed by atoms with Crippen LogP contribution in [0, 0.1) is 18.8 Å². The van der Waals surface area contributed by atoms with Crippen LogP contribution in [-0.2, 0) is 31.9 Å². The molecule has 1 aliphatic rings. The Morgan fingerprint density at radius 1 is 0.589 bits per heavy atom. The Kier molecular flexibility index (Phi) is 9.58. The van der Waals surface area contributed by atoms with Crippen LogP contribution >= 0.6 is 0 Å². The maximum Gasteiger partial charge on any atom is 0.135 e. The number of hydrogen-bond acceptors (Lipinski definition) is 5. The van der Waals surface area contributed by atoms with Crippen LogP contribution in [0.15, 0.2) is 140 Å². The van der Waals surface area contributed by atoms with Crippen LogP contribution in [0.25, 0.3) is 38.8 Å². The molecular weight excluding hydrogens is 870 g/mol. The third-order valence-corrected chi connectivity index (χ3v) is 10.3. The predicted molar refractivity (Wildman–Crippen MR) is 225 cm³/mol. The number of aromatic nitrogens is 3. The molecule has 282 valence electrons. The minimum Gasteiger partial charge on any atom is -0.503 e. The molecule has 56 heavy (non-hydrogen) atoms. The van der Waals surface area contributed by atoms with Gasteiger partial charge in [-0.15, -0.1) is 24.2 Å². The Bertz CT molecular complexity index is 2710. The minimum absolute atomic E-state index is 0. The van der Waals surface area contributed by atoms with Crippen molar-refractivity contribution in [2.24, 2.45) is 0 Å². The van der Waals surface area contributed by atoms with Crippen LogP contribution in [0.5, 0.6) is 11.6 Å². The standard InChI is InChI=1S/C49H42N5O.Pt/c1-48(2,3)35-22-24-50-46(29-35)54-42-17-11-10-16-40(42)41-21-20-39(31-45(41)54)55-47-30-37(23-25-51-47)52-32-53(44-19-13-12-18-43(44)52)38-27-34(33-14-8-7-9-15-33)26-36(28-38)49(4,5)6;/h7-29,32H,1-6H3;/q-3;. The number of fused-ring (bicyclic) bond motifs is 4. The van der Waals surface area contributed by atoms with Gasteiger partial charge in [-0.05, 0) is 87.1 Å². The Morgan fingerprint density at radius 2 is 1.29 bits per heavy atom. The van der Waals surface area contributed by atoms with Gasteiger partial charge < -0.3 is 19.1 Å². The summed E-state index contributed by atoms with van der Waals surface area (Å²) < 4.78 is 8.63. The van der Waals surface area contributed by atoms with Gasteiger partial charge in [0.25, 0.3) is 0 Å². The number of hydrogen-bond donors (Lipinski definition) is 0. The third-order valence-electron chi connectivity index (χ3n) is 10.3. The van der Waals surface area contributed by atoms with Crippen LogP contribution in [0.4, 0.5) is 22.7 Å². The topological polar surface area (TPSA) is 46.4 Å². The van der Waals surface area contributed by atoms with E-state index in [0.717, 1.165) is 50.4 Å². The van der Waals surface area contributed by atoms with Crippen molar-refractivity contribution in [2.45, 2.75) is 52.4 Å². The van der Waals surface area contributed by atoms with Crippen molar-refractivity contribution in [1.82, 2.24) is 14.5 Å². The van der Waals surface area contributed by atoms with Crippen LogP contribution in [0.3, 0.4) is 0 Å². The van der Waals surface area contributed by atoms with Gasteiger partial charge in [0.05, 0.1) is 0 Å². The van der Waals surface area contributed by atoms with Gasteiger partial charge in [-0.2, -0.15) is 23.9 Å². The van der Waals surface area contributed by atoms with Gasteiger partial charge >= 0.3 is 0 Å². The van der Waals surface area contributed by atoms with Gasteiger partial charge in [0.15, 0.2) is 0 Å². The zero-order valence-electron chi connectivity index (χ0n) is 32.3. The normalized spacial score (nSPS) is 12.9. The molecule has 0 bridgehead atoms. The van der Waals surface area contributed by atoms with Gasteiger partial charge in [0.2, 0.25) is 0 Å². The molecular formula is C49H42N5OPt-3. The summed E-state index contributed by atoms with van der Waals surface area (Å²) in [6.45, 7) is 15.6. The van der Waals surface area contributed by atoms with E-state index < -0.39 is 0 Å². The molecule has 9 rings (SSSR count). The molecule has 0 saturated heterocycles. The summed E-state index contributed by atoms with van der Waals surface area (Å²) in [6, 6.07) is 51.6. The van der Waals surface area contributed by atoms with E-state index in [0.29, 0.717) is 11.6 Å². The summed E-state index contributed by atoms with van der Waals surface area (Å²) in [7, 11) is 0. The summed E-state index contributed by atoms with van der Waals surface area (Å²) in [5.41, 5.74) is 10.8. The molecule has 0 atom stereocenters. The second-order valence-corrected chi connectivity index (χ2v) is 16.2. The second-order valence-electron chi connectivity index (χ2n) is 16.2. The Hall–Kier alpha value is -5.71. The molecule has 6 nitrogen and oxygen atoms in total. The van der Waals surface area contributed by atoms with E-state index in [4.69, 9.17) is 9.72 Å². The molecule has 3 aromatic heterocycles. The van der Waals surface area contributed by atoms with Crippen molar-refractivity contribution in [2.75, 3.05) is 9.80 Å². The molecule has 0 aliphatic carbocycles. The van der Waals surface area contributed by atoms with Gasteiger partial charge in [-0.25, -0.2) is 4.98 Å². The quantitative estimate of drug-likeness (QED) is 0.156. The van der Waals surface area contributed by atoms with Gasteiger partial charge in [0, 0.05) is 55.6 Å². The fourth-order valence-corrected chi connectivity index (χ4v) is 7.32. The molecule has 8 aromatic rings. The van der Waals surface area contributed by atoms with E-state index in [1.165, 1.54) is 22.3 Å². The first-order valence-electron chi connectivity index (χ1n) is 18.7. The molecule has 0 amide bonds. The van der Waals surface area contributed by atoms with E-state index in [1.807, 2.05) is 18.3 Å². The summed E-state index contributed by atoms with van der Waals surface area (Å²) in [5, 5.41) is 2.21. The van der Waals surface area contributed by atoms with Crippen molar-refractivity contribution in [3.63, 3.8) is 0 Å². The summed E-state index contributed by atoms with van der Waals surface area (Å²) in [5.74, 6) is 1.74. The smallest absolute Gasteiger partial charge is 0.135 e. The van der Waals surface area contributed by atoms with Crippen LogP contribution in [-0.4, -0.2) is 14.5 Å². The Labute approximate surface area is 343 Å². The minimum atomic E-state index is -0.0367. The fraction of sp³-hybridized carbons (Fsp3) is 0.163. The number of benzene rings is 5. The van der Waals surface area contributed by atoms with Gasteiger partial charge in [0.1, 0.15) is 11.7 Å². The number of para-hydroxylation sites is 3. The summed E-state index contributed by atoms with van der Waals surface area (Å²) in [4.78, 5) is 13.8. The summed E-state index contributed by atoms with van der Waals surface area (Å²) >= 11 is 0. The van der Waals surface area contributed by atoms with Crippen molar-refractivity contribution < 1.29 is 25.8 Å². The summed E-state index contributed by atoms with van der Waals surface area (Å²) in [6.07, 6.45) is 3.66. The van der Waals surface area contributed by atoms with Crippen molar-refractivity contribution >= 4 is 44.6 Å². The van der Waals surface area contributed by atoms with Crippen molar-refractivity contribution in [3.8, 4) is 28.6 Å². The monoisotopic (exact) mass is 911 g/mol. The fourth-order valence-electron chi connectivity index (χ4n) is 7.32. The predicted octanol–water partition coefficient (Wildman–Crippen LogP) is 12.6. The van der Waals surface area contributed by atoms with E-state index >= 15 is 0 Å². The molecule has 0 N–H and O–H groups in total. The molecule has 0 unspecified atom stereocenters. The van der Waals surface area contributed by atoms with E-state index in [2.05, 4.69) is 195 Å². The molecule has 0 saturated carbocycles. The van der Waals surface area contributed by atoms with Crippen molar-refractivity contribution in [1.29, 1.82) is 0 Å². The second kappa shape index (κ2) is 14.4. The van der Waals surface area contributed by atoms with Gasteiger partial charge in [-0.3, -0.25) is 4.98 Å². The third kappa shape index (κ3) is 6.88. The average molecular weight is 912 g/mol. The van der Waals surface area contributed by atoms with Crippen LogP contribution < -0.4 is 14.5 Å². The van der Waals surface area contributed by atoms with E-state index in [1.54, 1.807) is 6.20 Å². The van der Waals surface area contributed by atoms with Crippen LogP contribution in [0.1, 0.15) is 52.7 Å². The van der Waals surface area contributed by atoms with Crippen LogP contribution in [0.2, 0.25) is 0 Å². The van der Waals surface area contributed by atoms with Gasteiger partial charge in [-0.1, -0.05) is 114 Å². The molecule has 1 aliphatic heterocycles. The van der Waals surface area contributed by atoms with Crippen molar-refractivity contribution in [3.05, 3.63) is 170 Å².